The maximum absolute atomic E-state index is 4.93. The van der Waals surface area contributed by atoms with Gasteiger partial charge in [-0.2, -0.15) is 4.89 Å². The molecular formula is C15H16O4. The molecule has 19 heavy (non-hydrogen) atoms. The van der Waals surface area contributed by atoms with Crippen LogP contribution >= 0.6 is 0 Å². The Bertz CT molecular complexity index is 491. The number of hydrogen-bond acceptors (Lipinski definition) is 4. The molecule has 0 bridgehead atoms. The Morgan fingerprint density at radius 2 is 1.32 bits per heavy atom. The highest BCUT2D eigenvalue weighted by Gasteiger charge is 2.00. The molecule has 100 valence electrons. The Labute approximate surface area is 112 Å². The summed E-state index contributed by atoms with van der Waals surface area (Å²) in [7, 11) is 2.98. The van der Waals surface area contributed by atoms with Crippen LogP contribution in [0.4, 0.5) is 0 Å². The minimum absolute atomic E-state index is 0.442. The van der Waals surface area contributed by atoms with E-state index < -0.39 is 0 Å². The minimum atomic E-state index is 0.442. The van der Waals surface area contributed by atoms with E-state index in [1.54, 1.807) is 0 Å². The second-order valence-electron chi connectivity index (χ2n) is 3.90. The number of benzene rings is 2. The van der Waals surface area contributed by atoms with Crippen LogP contribution in [0.1, 0.15) is 5.56 Å². The van der Waals surface area contributed by atoms with Crippen molar-refractivity contribution in [2.75, 3.05) is 14.2 Å². The van der Waals surface area contributed by atoms with Gasteiger partial charge in [0.1, 0.15) is 6.61 Å². The highest BCUT2D eigenvalue weighted by molar-refractivity contribution is 5.64. The van der Waals surface area contributed by atoms with Gasteiger partial charge in [0.2, 0.25) is 0 Å². The third kappa shape index (κ3) is 3.79. The first-order valence-electron chi connectivity index (χ1n) is 5.89. The van der Waals surface area contributed by atoms with E-state index in [2.05, 4.69) is 9.78 Å². The molecule has 0 unspecified atom stereocenters. The second-order valence-corrected chi connectivity index (χ2v) is 3.90. The van der Waals surface area contributed by atoms with Gasteiger partial charge in [0, 0.05) is 0 Å². The van der Waals surface area contributed by atoms with Crippen molar-refractivity contribution in [1.82, 2.24) is 0 Å². The van der Waals surface area contributed by atoms with Gasteiger partial charge in [0.05, 0.1) is 14.2 Å². The summed E-state index contributed by atoms with van der Waals surface area (Å²) < 4.78 is 0. The quantitative estimate of drug-likeness (QED) is 0.589. The monoisotopic (exact) mass is 260 g/mol. The summed E-state index contributed by atoms with van der Waals surface area (Å²) in [6.45, 7) is 0.442. The van der Waals surface area contributed by atoms with Crippen molar-refractivity contribution in [2.24, 2.45) is 0 Å². The maximum atomic E-state index is 4.93. The average Bonchev–Trinajstić information content (AvgIpc) is 2.47. The van der Waals surface area contributed by atoms with E-state index in [4.69, 9.17) is 9.78 Å². The lowest BCUT2D eigenvalue weighted by Gasteiger charge is -2.05. The van der Waals surface area contributed by atoms with Crippen LogP contribution in [0.15, 0.2) is 48.5 Å². The van der Waals surface area contributed by atoms with Crippen LogP contribution in [0.5, 0.6) is 5.75 Å². The molecule has 0 aliphatic carbocycles. The molecule has 0 N–H and O–H groups in total. The maximum Gasteiger partial charge on any atom is 0.165 e. The average molecular weight is 260 g/mol. The number of rotatable bonds is 6. The van der Waals surface area contributed by atoms with Gasteiger partial charge in [-0.15, -0.1) is 0 Å². The third-order valence-corrected chi connectivity index (χ3v) is 2.66. The van der Waals surface area contributed by atoms with E-state index >= 15 is 0 Å². The smallest absolute Gasteiger partial charge is 0.165 e. The van der Waals surface area contributed by atoms with Crippen molar-refractivity contribution < 1.29 is 19.6 Å². The molecule has 0 aliphatic rings. The molecule has 0 atom stereocenters. The highest BCUT2D eigenvalue weighted by atomic mass is 17.2. The SMILES string of the molecule is COOCc1ccc(-c2ccc(OOC)cc2)cc1. The van der Waals surface area contributed by atoms with Crippen LogP contribution in [-0.2, 0) is 21.3 Å². The van der Waals surface area contributed by atoms with E-state index in [-0.39, 0.29) is 0 Å². The summed E-state index contributed by atoms with van der Waals surface area (Å²) in [6.07, 6.45) is 0. The van der Waals surface area contributed by atoms with Crippen LogP contribution in [-0.4, -0.2) is 14.2 Å². The third-order valence-electron chi connectivity index (χ3n) is 2.66. The first kappa shape index (κ1) is 13.5. The standard InChI is InChI=1S/C15H16O4/c1-16-18-11-12-3-5-13(6-4-12)14-7-9-15(10-8-14)19-17-2/h3-10H,11H2,1-2H3. The van der Waals surface area contributed by atoms with Crippen LogP contribution in [0.25, 0.3) is 11.1 Å². The molecule has 0 amide bonds. The molecule has 4 nitrogen and oxygen atoms in total. The zero-order chi connectivity index (χ0) is 13.5. The minimum Gasteiger partial charge on any atom is -0.338 e. The Hall–Kier alpha value is -1.88. The second kappa shape index (κ2) is 6.89. The predicted molar refractivity (Wildman–Crippen MR) is 71.3 cm³/mol. The summed E-state index contributed by atoms with van der Waals surface area (Å²) in [5, 5.41) is 0. The summed E-state index contributed by atoms with van der Waals surface area (Å²) in [4.78, 5) is 19.0. The molecule has 2 aromatic carbocycles. The molecule has 0 aromatic heterocycles. The fourth-order valence-electron chi connectivity index (χ4n) is 1.72. The van der Waals surface area contributed by atoms with Crippen molar-refractivity contribution in [3.8, 4) is 16.9 Å². The molecule has 4 heteroatoms. The largest absolute Gasteiger partial charge is 0.338 e. The molecular weight excluding hydrogens is 244 g/mol. The van der Waals surface area contributed by atoms with Gasteiger partial charge in [0.15, 0.2) is 5.75 Å². The van der Waals surface area contributed by atoms with Gasteiger partial charge in [-0.25, -0.2) is 9.78 Å². The molecule has 0 saturated heterocycles. The van der Waals surface area contributed by atoms with Gasteiger partial charge in [-0.05, 0) is 28.8 Å². The van der Waals surface area contributed by atoms with Crippen molar-refractivity contribution in [2.45, 2.75) is 6.61 Å². The normalized spacial score (nSPS) is 10.4. The van der Waals surface area contributed by atoms with Crippen LogP contribution in [0.3, 0.4) is 0 Å². The van der Waals surface area contributed by atoms with Crippen molar-refractivity contribution in [3.05, 3.63) is 54.1 Å². The van der Waals surface area contributed by atoms with Crippen LogP contribution < -0.4 is 4.89 Å². The molecule has 2 rings (SSSR count). The highest BCUT2D eigenvalue weighted by Crippen LogP contribution is 2.23. The fourth-order valence-corrected chi connectivity index (χ4v) is 1.72. The molecule has 0 saturated carbocycles. The van der Waals surface area contributed by atoms with E-state index in [1.807, 2.05) is 48.5 Å². The van der Waals surface area contributed by atoms with Gasteiger partial charge in [-0.1, -0.05) is 36.4 Å². The zero-order valence-electron chi connectivity index (χ0n) is 11.0. The summed E-state index contributed by atoms with van der Waals surface area (Å²) in [6, 6.07) is 15.8. The summed E-state index contributed by atoms with van der Waals surface area (Å²) >= 11 is 0. The van der Waals surface area contributed by atoms with Crippen molar-refractivity contribution >= 4 is 0 Å². The zero-order valence-corrected chi connectivity index (χ0v) is 11.0. The van der Waals surface area contributed by atoms with E-state index in [9.17, 15) is 0 Å². The Kier molecular flexibility index (Phi) is 4.92. The topological polar surface area (TPSA) is 36.9 Å². The first-order chi connectivity index (χ1) is 9.33. The van der Waals surface area contributed by atoms with Gasteiger partial charge in [-0.3, -0.25) is 0 Å². The van der Waals surface area contributed by atoms with E-state index in [1.165, 1.54) is 14.2 Å². The summed E-state index contributed by atoms with van der Waals surface area (Å²) in [5.41, 5.74) is 3.30. The predicted octanol–water partition coefficient (Wildman–Crippen LogP) is 3.37. The van der Waals surface area contributed by atoms with Gasteiger partial charge >= 0.3 is 0 Å². The lowest BCUT2D eigenvalue weighted by molar-refractivity contribution is -0.282. The molecule has 2 aromatic rings. The molecule has 0 radical (unpaired) electrons. The van der Waals surface area contributed by atoms with E-state index in [0.29, 0.717) is 12.4 Å². The van der Waals surface area contributed by atoms with Gasteiger partial charge in [0.25, 0.3) is 0 Å². The van der Waals surface area contributed by atoms with E-state index in [0.717, 1.165) is 16.7 Å². The summed E-state index contributed by atoms with van der Waals surface area (Å²) in [5.74, 6) is 0.677. The van der Waals surface area contributed by atoms with Crippen LogP contribution in [0, 0.1) is 0 Å². The fraction of sp³-hybridized carbons (Fsp3) is 0.200. The van der Waals surface area contributed by atoms with Crippen molar-refractivity contribution in [1.29, 1.82) is 0 Å². The van der Waals surface area contributed by atoms with Gasteiger partial charge < -0.3 is 4.89 Å². The Morgan fingerprint density at radius 1 is 0.737 bits per heavy atom. The molecule has 0 fully saturated rings. The number of hydrogen-bond donors (Lipinski definition) is 0. The van der Waals surface area contributed by atoms with Crippen LogP contribution in [0.2, 0.25) is 0 Å². The lowest BCUT2D eigenvalue weighted by Crippen LogP contribution is -1.91. The Morgan fingerprint density at radius 3 is 1.84 bits per heavy atom. The Balaban J connectivity index is 2.08. The molecule has 0 spiro atoms. The first-order valence-corrected chi connectivity index (χ1v) is 5.89. The molecule has 0 heterocycles. The lowest BCUT2D eigenvalue weighted by atomic mass is 10.0. The van der Waals surface area contributed by atoms with Crippen molar-refractivity contribution in [3.63, 3.8) is 0 Å². The molecule has 0 aliphatic heterocycles.